The van der Waals surface area contributed by atoms with E-state index in [0.717, 1.165) is 5.56 Å². The third-order valence-corrected chi connectivity index (χ3v) is 2.78. The van der Waals surface area contributed by atoms with Crippen LogP contribution in [-0.4, -0.2) is 17.1 Å². The van der Waals surface area contributed by atoms with E-state index in [0.29, 0.717) is 0 Å². The van der Waals surface area contributed by atoms with Gasteiger partial charge in [-0.2, -0.15) is 0 Å². The predicted molar refractivity (Wildman–Crippen MR) is 70.3 cm³/mol. The number of esters is 1. The highest BCUT2D eigenvalue weighted by molar-refractivity contribution is 6.41. The van der Waals surface area contributed by atoms with Gasteiger partial charge in [-0.15, -0.1) is 11.6 Å². The van der Waals surface area contributed by atoms with Gasteiger partial charge in [-0.05, 0) is 5.56 Å². The number of rotatable bonds is 4. The maximum absolute atomic E-state index is 11.8. The summed E-state index contributed by atoms with van der Waals surface area (Å²) in [7, 11) is 0. The fourth-order valence-electron chi connectivity index (χ4n) is 1.29. The molecule has 0 aromatic heterocycles. The summed E-state index contributed by atoms with van der Waals surface area (Å²) in [6.45, 7) is 5.28. The number of ketones is 1. The largest absolute Gasteiger partial charge is 0.459 e. The van der Waals surface area contributed by atoms with Crippen LogP contribution in [0.4, 0.5) is 0 Å². The number of Topliss-reactive ketones (excluding diaryl/α,β-unsaturated/α-hetero) is 1. The number of carbonyl (C=O) groups is 2. The van der Waals surface area contributed by atoms with E-state index in [2.05, 4.69) is 0 Å². The summed E-state index contributed by atoms with van der Waals surface area (Å²) in [6, 6.07) is 9.24. The number of alkyl halides is 1. The summed E-state index contributed by atoms with van der Waals surface area (Å²) in [5, 5.41) is -1.24. The van der Waals surface area contributed by atoms with Gasteiger partial charge in [-0.25, -0.2) is 4.79 Å². The van der Waals surface area contributed by atoms with Crippen LogP contribution in [0.5, 0.6) is 0 Å². The van der Waals surface area contributed by atoms with Crippen molar-refractivity contribution in [3.63, 3.8) is 0 Å². The Hall–Kier alpha value is -1.35. The molecule has 1 aromatic carbocycles. The lowest BCUT2D eigenvalue weighted by atomic mass is 9.89. The molecule has 0 saturated heterocycles. The fourth-order valence-corrected chi connectivity index (χ4v) is 1.68. The maximum Gasteiger partial charge on any atom is 0.332 e. The second-order valence-electron chi connectivity index (χ2n) is 5.07. The zero-order valence-corrected chi connectivity index (χ0v) is 11.5. The summed E-state index contributed by atoms with van der Waals surface area (Å²) in [5.41, 5.74) is 0.205. The van der Waals surface area contributed by atoms with E-state index in [1.165, 1.54) is 0 Å². The molecule has 98 valence electrons. The summed E-state index contributed by atoms with van der Waals surface area (Å²) >= 11 is 5.81. The topological polar surface area (TPSA) is 43.4 Å². The van der Waals surface area contributed by atoms with Crippen molar-refractivity contribution in [3.05, 3.63) is 35.9 Å². The van der Waals surface area contributed by atoms with E-state index in [-0.39, 0.29) is 12.4 Å². The third kappa shape index (κ3) is 4.15. The average molecular weight is 269 g/mol. The Morgan fingerprint density at radius 3 is 2.28 bits per heavy atom. The fraction of sp³-hybridized carbons (Fsp3) is 0.429. The van der Waals surface area contributed by atoms with Crippen molar-refractivity contribution < 1.29 is 14.3 Å². The van der Waals surface area contributed by atoms with Gasteiger partial charge in [0, 0.05) is 5.41 Å². The van der Waals surface area contributed by atoms with Crippen molar-refractivity contribution >= 4 is 23.4 Å². The highest BCUT2D eigenvalue weighted by Crippen LogP contribution is 2.20. The highest BCUT2D eigenvalue weighted by Gasteiger charge is 2.34. The lowest BCUT2D eigenvalue weighted by molar-refractivity contribution is -0.148. The molecule has 0 saturated carbocycles. The number of halogens is 1. The minimum Gasteiger partial charge on any atom is -0.459 e. The van der Waals surface area contributed by atoms with E-state index in [1.807, 2.05) is 30.3 Å². The molecule has 0 N–H and O–H groups in total. The molecule has 0 amide bonds. The Bertz CT molecular complexity index is 420. The summed E-state index contributed by atoms with van der Waals surface area (Å²) in [4.78, 5) is 23.4. The van der Waals surface area contributed by atoms with Gasteiger partial charge in [-0.1, -0.05) is 51.1 Å². The van der Waals surface area contributed by atoms with Crippen LogP contribution in [0.1, 0.15) is 26.3 Å². The minimum absolute atomic E-state index is 0.125. The van der Waals surface area contributed by atoms with Crippen molar-refractivity contribution in [2.75, 3.05) is 0 Å². The van der Waals surface area contributed by atoms with Crippen molar-refractivity contribution in [3.8, 4) is 0 Å². The Kier molecular flexibility index (Phi) is 4.91. The van der Waals surface area contributed by atoms with E-state index >= 15 is 0 Å². The molecular weight excluding hydrogens is 252 g/mol. The van der Waals surface area contributed by atoms with Gasteiger partial charge in [-0.3, -0.25) is 4.79 Å². The van der Waals surface area contributed by atoms with Gasteiger partial charge >= 0.3 is 5.97 Å². The molecule has 1 atom stereocenters. The molecule has 3 nitrogen and oxygen atoms in total. The van der Waals surface area contributed by atoms with Gasteiger partial charge in [0.05, 0.1) is 0 Å². The molecule has 4 heteroatoms. The predicted octanol–water partition coefficient (Wildman–Crippen LogP) is 2.95. The Morgan fingerprint density at radius 1 is 1.22 bits per heavy atom. The first kappa shape index (κ1) is 14.7. The first-order valence-electron chi connectivity index (χ1n) is 5.71. The van der Waals surface area contributed by atoms with Crippen LogP contribution in [0.15, 0.2) is 30.3 Å². The third-order valence-electron chi connectivity index (χ3n) is 2.40. The quantitative estimate of drug-likeness (QED) is 0.479. The Labute approximate surface area is 112 Å². The van der Waals surface area contributed by atoms with Crippen LogP contribution in [0.3, 0.4) is 0 Å². The van der Waals surface area contributed by atoms with Crippen LogP contribution in [-0.2, 0) is 20.9 Å². The van der Waals surface area contributed by atoms with Crippen molar-refractivity contribution in [2.24, 2.45) is 5.41 Å². The van der Waals surface area contributed by atoms with E-state index < -0.39 is 16.8 Å². The number of ether oxygens (including phenoxy) is 1. The van der Waals surface area contributed by atoms with Crippen LogP contribution in [0.2, 0.25) is 0 Å². The van der Waals surface area contributed by atoms with Gasteiger partial charge in [0.25, 0.3) is 0 Å². The normalized spacial score (nSPS) is 12.9. The van der Waals surface area contributed by atoms with Crippen molar-refractivity contribution in [1.29, 1.82) is 0 Å². The zero-order chi connectivity index (χ0) is 13.8. The second kappa shape index (κ2) is 6.01. The lowest BCUT2D eigenvalue weighted by Crippen LogP contribution is -2.35. The zero-order valence-electron chi connectivity index (χ0n) is 10.8. The lowest BCUT2D eigenvalue weighted by Gasteiger charge is -2.19. The summed E-state index contributed by atoms with van der Waals surface area (Å²) < 4.78 is 5.01. The van der Waals surface area contributed by atoms with Gasteiger partial charge < -0.3 is 4.74 Å². The van der Waals surface area contributed by atoms with Gasteiger partial charge in [0.1, 0.15) is 6.61 Å². The van der Waals surface area contributed by atoms with Crippen LogP contribution < -0.4 is 0 Å². The van der Waals surface area contributed by atoms with Crippen molar-refractivity contribution in [2.45, 2.75) is 32.8 Å². The molecule has 0 fully saturated rings. The number of hydrogen-bond donors (Lipinski definition) is 0. The molecule has 0 radical (unpaired) electrons. The molecule has 0 heterocycles. The standard InChI is InChI=1S/C14H17ClO3/c1-14(2,3)12(16)11(15)13(17)18-9-10-7-5-4-6-8-10/h4-8,11H,9H2,1-3H3. The molecule has 0 aliphatic heterocycles. The van der Waals surface area contributed by atoms with Crippen molar-refractivity contribution in [1.82, 2.24) is 0 Å². The van der Waals surface area contributed by atoms with Crippen LogP contribution in [0, 0.1) is 5.41 Å². The summed E-state index contributed by atoms with van der Waals surface area (Å²) in [6.07, 6.45) is 0. The Morgan fingerprint density at radius 2 is 1.78 bits per heavy atom. The first-order valence-corrected chi connectivity index (χ1v) is 6.15. The molecule has 1 rings (SSSR count). The van der Waals surface area contributed by atoms with Gasteiger partial charge in [0.15, 0.2) is 11.2 Å². The molecule has 18 heavy (non-hydrogen) atoms. The smallest absolute Gasteiger partial charge is 0.332 e. The molecular formula is C14H17ClO3. The van der Waals surface area contributed by atoms with E-state index in [4.69, 9.17) is 16.3 Å². The Balaban J connectivity index is 2.54. The highest BCUT2D eigenvalue weighted by atomic mass is 35.5. The maximum atomic E-state index is 11.8. The molecule has 1 unspecified atom stereocenters. The minimum atomic E-state index is -1.24. The number of benzene rings is 1. The number of hydrogen-bond acceptors (Lipinski definition) is 3. The number of carbonyl (C=O) groups excluding carboxylic acids is 2. The van der Waals surface area contributed by atoms with Crippen LogP contribution >= 0.6 is 11.6 Å². The van der Waals surface area contributed by atoms with Crippen LogP contribution in [0.25, 0.3) is 0 Å². The average Bonchev–Trinajstić information content (AvgIpc) is 2.34. The molecule has 0 aliphatic rings. The first-order chi connectivity index (χ1) is 8.32. The monoisotopic (exact) mass is 268 g/mol. The van der Waals surface area contributed by atoms with E-state index in [1.54, 1.807) is 20.8 Å². The molecule has 0 spiro atoms. The molecule has 0 bridgehead atoms. The molecule has 0 aliphatic carbocycles. The summed E-state index contributed by atoms with van der Waals surface area (Å²) in [5.74, 6) is -1.03. The SMILES string of the molecule is CC(C)(C)C(=O)C(Cl)C(=O)OCc1ccccc1. The second-order valence-corrected chi connectivity index (χ2v) is 5.51. The van der Waals surface area contributed by atoms with E-state index in [9.17, 15) is 9.59 Å². The molecule has 1 aromatic rings. The van der Waals surface area contributed by atoms with Gasteiger partial charge in [0.2, 0.25) is 0 Å².